The summed E-state index contributed by atoms with van der Waals surface area (Å²) in [5.41, 5.74) is 0. The van der Waals surface area contributed by atoms with Gasteiger partial charge in [-0.15, -0.1) is 0 Å². The molecule has 3 N–H and O–H groups in total. The van der Waals surface area contributed by atoms with E-state index in [1.54, 1.807) is 0 Å². The van der Waals surface area contributed by atoms with Gasteiger partial charge >= 0.3 is 0 Å². The van der Waals surface area contributed by atoms with Crippen molar-refractivity contribution in [2.45, 2.75) is 64.9 Å². The smallest absolute Gasteiger partial charge is 0.0597 e. The summed E-state index contributed by atoms with van der Waals surface area (Å²) in [6, 6.07) is 0. The van der Waals surface area contributed by atoms with Gasteiger partial charge in [0.1, 0.15) is 0 Å². The van der Waals surface area contributed by atoms with Crippen molar-refractivity contribution in [3.05, 3.63) is 0 Å². The van der Waals surface area contributed by atoms with Crippen molar-refractivity contribution in [1.82, 2.24) is 0 Å². The summed E-state index contributed by atoms with van der Waals surface area (Å²) < 4.78 is 10.5. The third-order valence-corrected chi connectivity index (χ3v) is 2.76. The molecule has 0 amide bonds. The van der Waals surface area contributed by atoms with Gasteiger partial charge in [0.05, 0.1) is 6.10 Å². The zero-order valence-corrected chi connectivity index (χ0v) is 12.1. The molecular weight excluding hydrogens is 232 g/mol. The van der Waals surface area contributed by atoms with E-state index in [0.717, 1.165) is 32.7 Å². The van der Waals surface area contributed by atoms with Crippen LogP contribution in [0.15, 0.2) is 0 Å². The quantitative estimate of drug-likeness (QED) is 0.684. The first-order valence-corrected chi connectivity index (χ1v) is 7.15. The summed E-state index contributed by atoms with van der Waals surface area (Å²) in [5.74, 6) is 0. The monoisotopic (exact) mass is 264 g/mol. The van der Waals surface area contributed by atoms with E-state index >= 15 is 0 Å². The van der Waals surface area contributed by atoms with E-state index < -0.39 is 0 Å². The molecule has 0 radical (unpaired) electrons. The van der Waals surface area contributed by atoms with Crippen molar-refractivity contribution in [3.8, 4) is 0 Å². The molecule has 0 aromatic carbocycles. The molecule has 1 rings (SSSR count). The number of aliphatic hydroxyl groups is 1. The van der Waals surface area contributed by atoms with E-state index in [4.69, 9.17) is 14.6 Å². The lowest BCUT2D eigenvalue weighted by Gasteiger charge is -2.03. The number of unbranched alkanes of at least 4 members (excludes halogenated alkanes) is 2. The first-order valence-electron chi connectivity index (χ1n) is 7.15. The lowest BCUT2D eigenvalue weighted by atomic mass is 10.2. The summed E-state index contributed by atoms with van der Waals surface area (Å²) in [4.78, 5) is 0. The van der Waals surface area contributed by atoms with Gasteiger partial charge in [0.25, 0.3) is 0 Å². The Morgan fingerprint density at radius 3 is 2.17 bits per heavy atom. The van der Waals surface area contributed by atoms with Crippen LogP contribution in [-0.4, -0.2) is 43.1 Å². The third kappa shape index (κ3) is 13.9. The number of hydrogen-bond acceptors (Lipinski definition) is 3. The fourth-order valence-corrected chi connectivity index (χ4v) is 1.61. The maximum absolute atomic E-state index is 8.45. The molecule has 1 unspecified atom stereocenters. The first-order chi connectivity index (χ1) is 8.35. The average molecular weight is 264 g/mol. The predicted octanol–water partition coefficient (Wildman–Crippen LogP) is 2.33. The van der Waals surface area contributed by atoms with Crippen LogP contribution in [0.5, 0.6) is 0 Å². The number of hydrogen-bond donors (Lipinski definition) is 1. The van der Waals surface area contributed by atoms with Crippen molar-refractivity contribution >= 4 is 0 Å². The summed E-state index contributed by atoms with van der Waals surface area (Å²) in [6.45, 7) is 7.44. The van der Waals surface area contributed by atoms with E-state index in [0.29, 0.717) is 6.10 Å². The van der Waals surface area contributed by atoms with E-state index in [2.05, 4.69) is 13.8 Å². The molecule has 1 saturated heterocycles. The van der Waals surface area contributed by atoms with Gasteiger partial charge in [0.15, 0.2) is 0 Å². The maximum atomic E-state index is 8.45. The van der Waals surface area contributed by atoms with Crippen LogP contribution in [-0.2, 0) is 9.47 Å². The Kier molecular flexibility index (Phi) is 18.9. The van der Waals surface area contributed by atoms with E-state index in [1.165, 1.54) is 32.1 Å². The highest BCUT2D eigenvalue weighted by Crippen LogP contribution is 2.13. The highest BCUT2D eigenvalue weighted by molar-refractivity contribution is 4.63. The van der Waals surface area contributed by atoms with Crippen LogP contribution in [0.3, 0.4) is 0 Å². The van der Waals surface area contributed by atoms with E-state index in [-0.39, 0.29) is 12.1 Å². The van der Waals surface area contributed by atoms with Gasteiger partial charge < -0.3 is 20.1 Å². The Morgan fingerprint density at radius 2 is 1.78 bits per heavy atom. The van der Waals surface area contributed by atoms with Crippen LogP contribution in [0.25, 0.3) is 0 Å². The molecule has 0 aromatic rings. The predicted molar refractivity (Wildman–Crippen MR) is 74.9 cm³/mol. The number of rotatable bonds is 8. The summed E-state index contributed by atoms with van der Waals surface area (Å²) in [7, 11) is 0. The second-order valence-electron chi connectivity index (χ2n) is 4.47. The molecule has 4 heteroatoms. The highest BCUT2D eigenvalue weighted by Gasteiger charge is 2.13. The molecule has 0 saturated carbocycles. The minimum absolute atomic E-state index is 0. The molecule has 1 aliphatic rings. The van der Waals surface area contributed by atoms with E-state index in [1.807, 2.05) is 0 Å². The molecular formula is C14H32O4. The molecule has 0 aliphatic carbocycles. The van der Waals surface area contributed by atoms with Gasteiger partial charge in [0.2, 0.25) is 0 Å². The lowest BCUT2D eigenvalue weighted by Crippen LogP contribution is -2.06. The summed E-state index contributed by atoms with van der Waals surface area (Å²) in [5, 5.41) is 8.45. The van der Waals surface area contributed by atoms with Crippen molar-refractivity contribution in [3.63, 3.8) is 0 Å². The molecule has 18 heavy (non-hydrogen) atoms. The minimum atomic E-state index is 0. The average Bonchev–Trinajstić information content (AvgIpc) is 2.83. The SMILES string of the molecule is CCCCOCCCC.O.OCCC1CCCO1. The molecule has 0 spiro atoms. The van der Waals surface area contributed by atoms with Crippen LogP contribution in [0.4, 0.5) is 0 Å². The second kappa shape index (κ2) is 16.8. The Morgan fingerprint density at radius 1 is 1.17 bits per heavy atom. The third-order valence-electron chi connectivity index (χ3n) is 2.76. The van der Waals surface area contributed by atoms with E-state index in [9.17, 15) is 0 Å². The molecule has 1 heterocycles. The van der Waals surface area contributed by atoms with Gasteiger partial charge in [-0.2, -0.15) is 0 Å². The molecule has 1 atom stereocenters. The molecule has 1 fully saturated rings. The van der Waals surface area contributed by atoms with Gasteiger partial charge in [-0.3, -0.25) is 0 Å². The number of aliphatic hydroxyl groups excluding tert-OH is 1. The van der Waals surface area contributed by atoms with Gasteiger partial charge in [0, 0.05) is 26.4 Å². The Hall–Kier alpha value is -0.160. The lowest BCUT2D eigenvalue weighted by molar-refractivity contribution is 0.0868. The van der Waals surface area contributed by atoms with Crippen LogP contribution in [0.1, 0.15) is 58.8 Å². The van der Waals surface area contributed by atoms with Gasteiger partial charge in [-0.05, 0) is 32.1 Å². The van der Waals surface area contributed by atoms with Crippen molar-refractivity contribution in [2.75, 3.05) is 26.4 Å². The zero-order chi connectivity index (χ0) is 12.8. The fourth-order valence-electron chi connectivity index (χ4n) is 1.61. The van der Waals surface area contributed by atoms with Crippen LogP contribution < -0.4 is 0 Å². The molecule has 0 bridgehead atoms. The molecule has 112 valence electrons. The van der Waals surface area contributed by atoms with Crippen LogP contribution in [0, 0.1) is 0 Å². The largest absolute Gasteiger partial charge is 0.412 e. The Labute approximate surface area is 112 Å². The zero-order valence-electron chi connectivity index (χ0n) is 12.1. The topological polar surface area (TPSA) is 70.2 Å². The van der Waals surface area contributed by atoms with Crippen LogP contribution in [0.2, 0.25) is 0 Å². The maximum Gasteiger partial charge on any atom is 0.0597 e. The fraction of sp³-hybridized carbons (Fsp3) is 1.00. The highest BCUT2D eigenvalue weighted by atomic mass is 16.5. The van der Waals surface area contributed by atoms with Crippen molar-refractivity contribution < 1.29 is 20.1 Å². The summed E-state index contributed by atoms with van der Waals surface area (Å²) in [6.07, 6.45) is 8.40. The Bertz CT molecular complexity index is 130. The molecule has 1 aliphatic heterocycles. The summed E-state index contributed by atoms with van der Waals surface area (Å²) >= 11 is 0. The van der Waals surface area contributed by atoms with Crippen LogP contribution >= 0.6 is 0 Å². The Balaban J connectivity index is 0. The number of ether oxygens (including phenoxy) is 2. The second-order valence-corrected chi connectivity index (χ2v) is 4.47. The van der Waals surface area contributed by atoms with Crippen molar-refractivity contribution in [2.24, 2.45) is 0 Å². The first kappa shape index (κ1) is 20.2. The molecule has 4 nitrogen and oxygen atoms in total. The normalized spacial score (nSPS) is 17.8. The van der Waals surface area contributed by atoms with Gasteiger partial charge in [-0.25, -0.2) is 0 Å². The van der Waals surface area contributed by atoms with Gasteiger partial charge in [-0.1, -0.05) is 26.7 Å². The minimum Gasteiger partial charge on any atom is -0.412 e. The molecule has 0 aromatic heterocycles. The standard InChI is InChI=1S/C8H18O.C6H12O2.H2O/c1-3-5-7-9-8-6-4-2;7-4-3-6-2-1-5-8-6;/h3-8H2,1-2H3;6-7H,1-5H2;1H2. The van der Waals surface area contributed by atoms with Crippen molar-refractivity contribution in [1.29, 1.82) is 0 Å².